The van der Waals surface area contributed by atoms with E-state index in [9.17, 15) is 4.79 Å². The highest BCUT2D eigenvalue weighted by molar-refractivity contribution is 7.10. The number of hydrogen-bond acceptors (Lipinski definition) is 4. The second kappa shape index (κ2) is 6.37. The first kappa shape index (κ1) is 14.2. The number of rotatable bonds is 3. The second-order valence-corrected chi connectivity index (χ2v) is 6.11. The third-order valence-electron chi connectivity index (χ3n) is 3.57. The molecule has 21 heavy (non-hydrogen) atoms. The van der Waals surface area contributed by atoms with Crippen LogP contribution < -0.4 is 0 Å². The van der Waals surface area contributed by atoms with Gasteiger partial charge in [-0.1, -0.05) is 29.8 Å². The lowest BCUT2D eigenvalue weighted by atomic mass is 10.1. The molecule has 0 unspecified atom stereocenters. The van der Waals surface area contributed by atoms with Gasteiger partial charge in [-0.25, -0.2) is 4.98 Å². The number of carbonyl (C=O) groups is 1. The predicted octanol–water partition coefficient (Wildman–Crippen LogP) is 2.52. The molecular weight excluding hydrogens is 284 g/mol. The maximum atomic E-state index is 12.2. The standard InChI is InChI=1S/C16H18N2O2S/c1-12-2-4-13(5-3-12)14-11-21-15(17-14)10-16(19)18-6-8-20-9-7-18/h2-5,11H,6-10H2,1H3. The fourth-order valence-electron chi connectivity index (χ4n) is 2.30. The average molecular weight is 302 g/mol. The quantitative estimate of drug-likeness (QED) is 0.875. The molecule has 1 aromatic heterocycles. The third kappa shape index (κ3) is 3.49. The van der Waals surface area contributed by atoms with Gasteiger partial charge in [0.2, 0.25) is 5.91 Å². The van der Waals surface area contributed by atoms with Gasteiger partial charge in [-0.15, -0.1) is 11.3 Å². The smallest absolute Gasteiger partial charge is 0.229 e. The van der Waals surface area contributed by atoms with Gasteiger partial charge in [0.05, 0.1) is 25.3 Å². The van der Waals surface area contributed by atoms with E-state index in [2.05, 4.69) is 36.2 Å². The average Bonchev–Trinajstić information content (AvgIpc) is 2.97. The van der Waals surface area contributed by atoms with Crippen molar-refractivity contribution in [2.24, 2.45) is 0 Å². The molecule has 3 rings (SSSR count). The number of carbonyl (C=O) groups excluding carboxylic acids is 1. The molecule has 4 nitrogen and oxygen atoms in total. The monoisotopic (exact) mass is 302 g/mol. The van der Waals surface area contributed by atoms with Gasteiger partial charge in [0, 0.05) is 24.0 Å². The number of aromatic nitrogens is 1. The van der Waals surface area contributed by atoms with Gasteiger partial charge in [-0.2, -0.15) is 0 Å². The van der Waals surface area contributed by atoms with E-state index >= 15 is 0 Å². The van der Waals surface area contributed by atoms with Crippen molar-refractivity contribution >= 4 is 17.2 Å². The Bertz CT molecular complexity index is 615. The molecule has 0 atom stereocenters. The van der Waals surface area contributed by atoms with Crippen LogP contribution in [-0.2, 0) is 16.0 Å². The van der Waals surface area contributed by atoms with Crippen molar-refractivity contribution in [2.45, 2.75) is 13.3 Å². The number of amides is 1. The SMILES string of the molecule is Cc1ccc(-c2csc(CC(=O)N3CCOCC3)n2)cc1. The molecule has 0 saturated carbocycles. The van der Waals surface area contributed by atoms with E-state index < -0.39 is 0 Å². The summed E-state index contributed by atoms with van der Waals surface area (Å²) in [6.45, 7) is 4.72. The van der Waals surface area contributed by atoms with Crippen LogP contribution in [0, 0.1) is 6.92 Å². The molecule has 1 saturated heterocycles. The molecule has 1 aromatic carbocycles. The summed E-state index contributed by atoms with van der Waals surface area (Å²) in [5.74, 6) is 0.142. The van der Waals surface area contributed by atoms with Gasteiger partial charge in [0.25, 0.3) is 0 Å². The van der Waals surface area contributed by atoms with Gasteiger partial charge < -0.3 is 9.64 Å². The molecule has 1 amide bonds. The van der Waals surface area contributed by atoms with Crippen molar-refractivity contribution in [3.8, 4) is 11.3 Å². The Balaban J connectivity index is 1.67. The van der Waals surface area contributed by atoms with E-state index in [4.69, 9.17) is 4.74 Å². The van der Waals surface area contributed by atoms with Crippen LogP contribution in [0.15, 0.2) is 29.6 Å². The summed E-state index contributed by atoms with van der Waals surface area (Å²) < 4.78 is 5.26. The Hall–Kier alpha value is -1.72. The first-order valence-corrected chi connectivity index (χ1v) is 7.97. The highest BCUT2D eigenvalue weighted by atomic mass is 32.1. The molecule has 1 aliphatic rings. The topological polar surface area (TPSA) is 42.4 Å². The molecule has 0 aliphatic carbocycles. The van der Waals surface area contributed by atoms with Crippen molar-refractivity contribution in [1.82, 2.24) is 9.88 Å². The van der Waals surface area contributed by atoms with Crippen LogP contribution >= 0.6 is 11.3 Å². The van der Waals surface area contributed by atoms with Crippen LogP contribution in [0.4, 0.5) is 0 Å². The fourth-order valence-corrected chi connectivity index (χ4v) is 3.10. The number of aryl methyl sites for hydroxylation is 1. The molecule has 0 radical (unpaired) electrons. The van der Waals surface area contributed by atoms with E-state index in [1.54, 1.807) is 11.3 Å². The minimum atomic E-state index is 0.142. The fraction of sp³-hybridized carbons (Fsp3) is 0.375. The highest BCUT2D eigenvalue weighted by Gasteiger charge is 2.18. The molecule has 0 N–H and O–H groups in total. The minimum absolute atomic E-state index is 0.142. The number of morpholine rings is 1. The molecule has 0 bridgehead atoms. The van der Waals surface area contributed by atoms with Crippen LogP contribution in [0.25, 0.3) is 11.3 Å². The van der Waals surface area contributed by atoms with Gasteiger partial charge in [-0.3, -0.25) is 4.79 Å². The van der Waals surface area contributed by atoms with Gasteiger partial charge in [-0.05, 0) is 6.92 Å². The van der Waals surface area contributed by atoms with Crippen molar-refractivity contribution < 1.29 is 9.53 Å². The zero-order chi connectivity index (χ0) is 14.7. The summed E-state index contributed by atoms with van der Waals surface area (Å²) in [6.07, 6.45) is 0.385. The Morgan fingerprint density at radius 3 is 2.71 bits per heavy atom. The number of benzene rings is 1. The zero-order valence-electron chi connectivity index (χ0n) is 12.0. The first-order valence-electron chi connectivity index (χ1n) is 7.09. The Morgan fingerprint density at radius 2 is 2.00 bits per heavy atom. The maximum Gasteiger partial charge on any atom is 0.229 e. The molecule has 2 aromatic rings. The summed E-state index contributed by atoms with van der Waals surface area (Å²) in [4.78, 5) is 18.6. The van der Waals surface area contributed by atoms with Crippen LogP contribution in [0.2, 0.25) is 0 Å². The van der Waals surface area contributed by atoms with Gasteiger partial charge in [0.15, 0.2) is 0 Å². The van der Waals surface area contributed by atoms with Crippen molar-refractivity contribution in [2.75, 3.05) is 26.3 Å². The van der Waals surface area contributed by atoms with Gasteiger partial charge in [0.1, 0.15) is 5.01 Å². The highest BCUT2D eigenvalue weighted by Crippen LogP contribution is 2.22. The molecule has 1 aliphatic heterocycles. The van der Waals surface area contributed by atoms with E-state index in [0.29, 0.717) is 32.7 Å². The van der Waals surface area contributed by atoms with E-state index in [1.165, 1.54) is 5.56 Å². The van der Waals surface area contributed by atoms with E-state index in [1.807, 2.05) is 10.3 Å². The van der Waals surface area contributed by atoms with Crippen LogP contribution in [0.1, 0.15) is 10.6 Å². The zero-order valence-corrected chi connectivity index (χ0v) is 12.9. The molecule has 0 spiro atoms. The summed E-state index contributed by atoms with van der Waals surface area (Å²) in [5, 5.41) is 2.90. The maximum absolute atomic E-state index is 12.2. The summed E-state index contributed by atoms with van der Waals surface area (Å²) >= 11 is 1.55. The summed E-state index contributed by atoms with van der Waals surface area (Å²) in [5.41, 5.74) is 3.28. The number of ether oxygens (including phenoxy) is 1. The normalized spacial score (nSPS) is 15.2. The lowest BCUT2D eigenvalue weighted by Crippen LogP contribution is -2.41. The number of thiazole rings is 1. The number of nitrogens with zero attached hydrogens (tertiary/aromatic N) is 2. The Kier molecular flexibility index (Phi) is 4.31. The minimum Gasteiger partial charge on any atom is -0.378 e. The second-order valence-electron chi connectivity index (χ2n) is 5.16. The summed E-state index contributed by atoms with van der Waals surface area (Å²) in [6, 6.07) is 8.29. The number of hydrogen-bond donors (Lipinski definition) is 0. The lowest BCUT2D eigenvalue weighted by molar-refractivity contribution is -0.134. The molecule has 2 heterocycles. The van der Waals surface area contributed by atoms with Crippen molar-refractivity contribution in [3.63, 3.8) is 0 Å². The molecular formula is C16H18N2O2S. The van der Waals surface area contributed by atoms with Crippen LogP contribution in [-0.4, -0.2) is 42.1 Å². The largest absolute Gasteiger partial charge is 0.378 e. The molecule has 5 heteroatoms. The van der Waals surface area contributed by atoms with Crippen LogP contribution in [0.3, 0.4) is 0 Å². The Labute approximate surface area is 128 Å². The lowest BCUT2D eigenvalue weighted by Gasteiger charge is -2.26. The Morgan fingerprint density at radius 1 is 1.29 bits per heavy atom. The van der Waals surface area contributed by atoms with Crippen molar-refractivity contribution in [3.05, 3.63) is 40.2 Å². The van der Waals surface area contributed by atoms with E-state index in [0.717, 1.165) is 16.3 Å². The molecule has 1 fully saturated rings. The van der Waals surface area contributed by atoms with Gasteiger partial charge >= 0.3 is 0 Å². The van der Waals surface area contributed by atoms with E-state index in [-0.39, 0.29) is 5.91 Å². The third-order valence-corrected chi connectivity index (χ3v) is 4.41. The first-order chi connectivity index (χ1) is 10.2. The van der Waals surface area contributed by atoms with Crippen molar-refractivity contribution in [1.29, 1.82) is 0 Å². The summed E-state index contributed by atoms with van der Waals surface area (Å²) in [7, 11) is 0. The molecule has 110 valence electrons. The van der Waals surface area contributed by atoms with Crippen LogP contribution in [0.5, 0.6) is 0 Å². The predicted molar refractivity (Wildman–Crippen MR) is 83.4 cm³/mol.